The van der Waals surface area contributed by atoms with Crippen LogP contribution in [0.15, 0.2) is 16.9 Å². The predicted molar refractivity (Wildman–Crippen MR) is 52.5 cm³/mol. The van der Waals surface area contributed by atoms with E-state index in [4.69, 9.17) is 4.52 Å². The number of carbonyl (C=O) groups excluding carboxylic acids is 1. The Balaban J connectivity index is 2.22. The number of aromatic amines is 1. The molecule has 2 aromatic heterocycles. The third-order valence-corrected chi connectivity index (χ3v) is 2.02. The lowest BCUT2D eigenvalue weighted by Gasteiger charge is -2.00. The Hall–Kier alpha value is -2.11. The van der Waals surface area contributed by atoms with Gasteiger partial charge < -0.3 is 9.84 Å². The van der Waals surface area contributed by atoms with E-state index in [0.29, 0.717) is 22.7 Å². The first-order valence-corrected chi connectivity index (χ1v) is 4.41. The van der Waals surface area contributed by atoms with Crippen LogP contribution in [0.2, 0.25) is 0 Å². The van der Waals surface area contributed by atoms with Crippen molar-refractivity contribution in [1.29, 1.82) is 0 Å². The SMILES string of the molecule is Cc1noc(C)c1C(=O)Nc1cn[nH]c1. The van der Waals surface area contributed by atoms with Gasteiger partial charge in [-0.25, -0.2) is 0 Å². The third kappa shape index (κ3) is 1.74. The molecule has 2 rings (SSSR count). The summed E-state index contributed by atoms with van der Waals surface area (Å²) < 4.78 is 4.90. The predicted octanol–water partition coefficient (Wildman–Crippen LogP) is 1.27. The topological polar surface area (TPSA) is 83.8 Å². The van der Waals surface area contributed by atoms with E-state index < -0.39 is 0 Å². The van der Waals surface area contributed by atoms with E-state index in [9.17, 15) is 4.79 Å². The van der Waals surface area contributed by atoms with Gasteiger partial charge in [0.25, 0.3) is 5.91 Å². The number of carbonyl (C=O) groups is 1. The van der Waals surface area contributed by atoms with Crippen molar-refractivity contribution in [3.05, 3.63) is 29.4 Å². The van der Waals surface area contributed by atoms with E-state index in [-0.39, 0.29) is 5.91 Å². The molecular weight excluding hydrogens is 196 g/mol. The highest BCUT2D eigenvalue weighted by Crippen LogP contribution is 2.14. The highest BCUT2D eigenvalue weighted by Gasteiger charge is 2.17. The summed E-state index contributed by atoms with van der Waals surface area (Å²) in [6.07, 6.45) is 3.12. The van der Waals surface area contributed by atoms with Crippen LogP contribution in [-0.4, -0.2) is 21.3 Å². The minimum Gasteiger partial charge on any atom is -0.361 e. The zero-order valence-electron chi connectivity index (χ0n) is 8.37. The van der Waals surface area contributed by atoms with Gasteiger partial charge in [-0.1, -0.05) is 5.16 Å². The van der Waals surface area contributed by atoms with Gasteiger partial charge in [-0.15, -0.1) is 0 Å². The van der Waals surface area contributed by atoms with Gasteiger partial charge in [-0.05, 0) is 13.8 Å². The second-order valence-electron chi connectivity index (χ2n) is 3.14. The fourth-order valence-electron chi connectivity index (χ4n) is 1.32. The Morgan fingerprint density at radius 1 is 1.53 bits per heavy atom. The van der Waals surface area contributed by atoms with Crippen LogP contribution in [0.5, 0.6) is 0 Å². The van der Waals surface area contributed by atoms with Crippen molar-refractivity contribution >= 4 is 11.6 Å². The molecule has 2 heterocycles. The number of amides is 1. The van der Waals surface area contributed by atoms with Crippen LogP contribution in [0.4, 0.5) is 5.69 Å². The summed E-state index contributed by atoms with van der Waals surface area (Å²) in [5.41, 5.74) is 1.66. The van der Waals surface area contributed by atoms with Crippen LogP contribution in [0.1, 0.15) is 21.8 Å². The molecule has 2 N–H and O–H groups in total. The first kappa shape index (κ1) is 9.45. The summed E-state index contributed by atoms with van der Waals surface area (Å²) >= 11 is 0. The number of anilines is 1. The lowest BCUT2D eigenvalue weighted by molar-refractivity contribution is 0.102. The van der Waals surface area contributed by atoms with Crippen LogP contribution < -0.4 is 5.32 Å². The van der Waals surface area contributed by atoms with E-state index >= 15 is 0 Å². The van der Waals surface area contributed by atoms with Gasteiger partial charge in [0.2, 0.25) is 0 Å². The fourth-order valence-corrected chi connectivity index (χ4v) is 1.32. The Morgan fingerprint density at radius 2 is 2.33 bits per heavy atom. The van der Waals surface area contributed by atoms with Crippen molar-refractivity contribution in [2.24, 2.45) is 0 Å². The molecule has 0 spiro atoms. The third-order valence-electron chi connectivity index (χ3n) is 2.02. The summed E-state index contributed by atoms with van der Waals surface area (Å²) in [5, 5.41) is 12.7. The highest BCUT2D eigenvalue weighted by molar-refractivity contribution is 6.05. The Kier molecular flexibility index (Phi) is 2.24. The van der Waals surface area contributed by atoms with Crippen molar-refractivity contribution in [1.82, 2.24) is 15.4 Å². The smallest absolute Gasteiger partial charge is 0.261 e. The summed E-state index contributed by atoms with van der Waals surface area (Å²) in [6.45, 7) is 3.42. The van der Waals surface area contributed by atoms with Crippen LogP contribution in [-0.2, 0) is 0 Å². The molecule has 0 bridgehead atoms. The Bertz CT molecular complexity index is 453. The normalized spacial score (nSPS) is 10.3. The Morgan fingerprint density at radius 3 is 2.87 bits per heavy atom. The maximum Gasteiger partial charge on any atom is 0.261 e. The molecule has 15 heavy (non-hydrogen) atoms. The first-order valence-electron chi connectivity index (χ1n) is 4.41. The van der Waals surface area contributed by atoms with Crippen molar-refractivity contribution in [3.8, 4) is 0 Å². The second-order valence-corrected chi connectivity index (χ2v) is 3.14. The zero-order valence-corrected chi connectivity index (χ0v) is 8.37. The van der Waals surface area contributed by atoms with Gasteiger partial charge in [0, 0.05) is 6.20 Å². The summed E-state index contributed by atoms with van der Waals surface area (Å²) in [5.74, 6) is 0.265. The standard InChI is InChI=1S/C9H10N4O2/c1-5-8(6(2)15-13-5)9(14)12-7-3-10-11-4-7/h3-4H,1-2H3,(H,10,11)(H,12,14). The molecule has 0 radical (unpaired) electrons. The summed E-state index contributed by atoms with van der Waals surface area (Å²) in [4.78, 5) is 11.8. The molecule has 78 valence electrons. The molecule has 2 aromatic rings. The molecule has 0 aliphatic rings. The van der Waals surface area contributed by atoms with E-state index in [1.54, 1.807) is 20.0 Å². The van der Waals surface area contributed by atoms with Gasteiger partial charge in [-0.3, -0.25) is 9.89 Å². The molecular formula is C9H10N4O2. The molecule has 0 saturated heterocycles. The number of nitrogens with one attached hydrogen (secondary N) is 2. The molecule has 0 saturated carbocycles. The van der Waals surface area contributed by atoms with Gasteiger partial charge in [0.05, 0.1) is 17.6 Å². The molecule has 0 fully saturated rings. The number of rotatable bonds is 2. The fraction of sp³-hybridized carbons (Fsp3) is 0.222. The molecule has 0 aliphatic heterocycles. The molecule has 0 unspecified atom stereocenters. The molecule has 6 heteroatoms. The summed E-state index contributed by atoms with van der Waals surface area (Å²) in [7, 11) is 0. The lowest BCUT2D eigenvalue weighted by atomic mass is 10.2. The summed E-state index contributed by atoms with van der Waals surface area (Å²) in [6, 6.07) is 0. The number of aryl methyl sites for hydroxylation is 2. The van der Waals surface area contributed by atoms with Crippen molar-refractivity contribution < 1.29 is 9.32 Å². The second kappa shape index (κ2) is 3.56. The van der Waals surface area contributed by atoms with Crippen molar-refractivity contribution in [3.63, 3.8) is 0 Å². The lowest BCUT2D eigenvalue weighted by Crippen LogP contribution is -2.13. The van der Waals surface area contributed by atoms with Crippen LogP contribution >= 0.6 is 0 Å². The van der Waals surface area contributed by atoms with E-state index in [0.717, 1.165) is 0 Å². The van der Waals surface area contributed by atoms with Crippen molar-refractivity contribution in [2.75, 3.05) is 5.32 Å². The van der Waals surface area contributed by atoms with Gasteiger partial charge in [0.15, 0.2) is 0 Å². The minimum absolute atomic E-state index is 0.243. The van der Waals surface area contributed by atoms with E-state index in [1.165, 1.54) is 6.20 Å². The maximum absolute atomic E-state index is 11.8. The monoisotopic (exact) mass is 206 g/mol. The largest absolute Gasteiger partial charge is 0.361 e. The van der Waals surface area contributed by atoms with Crippen LogP contribution in [0.3, 0.4) is 0 Å². The van der Waals surface area contributed by atoms with Gasteiger partial charge in [-0.2, -0.15) is 5.10 Å². The molecule has 0 aliphatic carbocycles. The number of hydrogen-bond acceptors (Lipinski definition) is 4. The minimum atomic E-state index is -0.243. The molecule has 0 atom stereocenters. The first-order chi connectivity index (χ1) is 7.18. The number of nitrogens with zero attached hydrogens (tertiary/aromatic N) is 2. The average molecular weight is 206 g/mol. The highest BCUT2D eigenvalue weighted by atomic mass is 16.5. The molecule has 0 aromatic carbocycles. The number of hydrogen-bond donors (Lipinski definition) is 2. The quantitative estimate of drug-likeness (QED) is 0.774. The number of H-pyrrole nitrogens is 1. The number of aromatic nitrogens is 3. The molecule has 1 amide bonds. The van der Waals surface area contributed by atoms with Crippen LogP contribution in [0, 0.1) is 13.8 Å². The molecule has 6 nitrogen and oxygen atoms in total. The Labute approximate surface area is 85.7 Å². The van der Waals surface area contributed by atoms with Crippen molar-refractivity contribution in [2.45, 2.75) is 13.8 Å². The van der Waals surface area contributed by atoms with Crippen LogP contribution in [0.25, 0.3) is 0 Å². The van der Waals surface area contributed by atoms with E-state index in [1.807, 2.05) is 0 Å². The van der Waals surface area contributed by atoms with E-state index in [2.05, 4.69) is 20.7 Å². The zero-order chi connectivity index (χ0) is 10.8. The average Bonchev–Trinajstić information content (AvgIpc) is 2.77. The maximum atomic E-state index is 11.8. The van der Waals surface area contributed by atoms with Gasteiger partial charge >= 0.3 is 0 Å². The van der Waals surface area contributed by atoms with Gasteiger partial charge in [0.1, 0.15) is 11.3 Å².